The first kappa shape index (κ1) is 16.2. The van der Waals surface area contributed by atoms with Gasteiger partial charge in [-0.05, 0) is 31.5 Å². The Bertz CT molecular complexity index is 859. The molecule has 0 spiro atoms. The summed E-state index contributed by atoms with van der Waals surface area (Å²) in [5.74, 6) is 0.950. The van der Waals surface area contributed by atoms with Crippen molar-refractivity contribution < 1.29 is 4.39 Å². The fourth-order valence-electron chi connectivity index (χ4n) is 2.43. The smallest absolute Gasteiger partial charge is 0.223 e. The summed E-state index contributed by atoms with van der Waals surface area (Å²) in [6, 6.07) is 6.43. The van der Waals surface area contributed by atoms with E-state index in [4.69, 9.17) is 17.3 Å². The predicted octanol–water partition coefficient (Wildman–Crippen LogP) is 3.52. The predicted molar refractivity (Wildman–Crippen MR) is 91.8 cm³/mol. The average Bonchev–Trinajstić information content (AvgIpc) is 2.92. The normalized spacial score (nSPS) is 12.2. The molecule has 3 N–H and O–H groups in total. The highest BCUT2D eigenvalue weighted by atomic mass is 35.5. The fraction of sp³-hybridized carbons (Fsp3) is 0.188. The van der Waals surface area contributed by atoms with E-state index in [1.165, 1.54) is 6.07 Å². The van der Waals surface area contributed by atoms with Crippen molar-refractivity contribution in [3.63, 3.8) is 0 Å². The van der Waals surface area contributed by atoms with E-state index in [0.29, 0.717) is 11.5 Å². The minimum Gasteiger partial charge on any atom is -0.368 e. The zero-order chi connectivity index (χ0) is 17.3. The van der Waals surface area contributed by atoms with Gasteiger partial charge in [-0.25, -0.2) is 14.4 Å². The number of anilines is 2. The number of nitrogen functional groups attached to an aromatic ring is 1. The third-order valence-electron chi connectivity index (χ3n) is 3.63. The molecule has 1 atom stereocenters. The molecule has 0 bridgehead atoms. The number of nitrogens with two attached hydrogens (primary N) is 1. The number of imidazole rings is 1. The van der Waals surface area contributed by atoms with Crippen LogP contribution >= 0.6 is 11.6 Å². The van der Waals surface area contributed by atoms with Crippen LogP contribution in [0.3, 0.4) is 0 Å². The Morgan fingerprint density at radius 3 is 2.71 bits per heavy atom. The first-order valence-electron chi connectivity index (χ1n) is 7.30. The van der Waals surface area contributed by atoms with Crippen LogP contribution in [0.5, 0.6) is 0 Å². The maximum Gasteiger partial charge on any atom is 0.223 e. The molecule has 2 heterocycles. The second kappa shape index (κ2) is 6.45. The zero-order valence-electron chi connectivity index (χ0n) is 13.2. The van der Waals surface area contributed by atoms with Crippen LogP contribution in [0, 0.1) is 12.7 Å². The largest absolute Gasteiger partial charge is 0.368 e. The van der Waals surface area contributed by atoms with Gasteiger partial charge in [-0.1, -0.05) is 17.7 Å². The second-order valence-corrected chi connectivity index (χ2v) is 5.74. The van der Waals surface area contributed by atoms with Gasteiger partial charge in [-0.15, -0.1) is 0 Å². The lowest BCUT2D eigenvalue weighted by Crippen LogP contribution is -2.10. The number of nitrogens with one attached hydrogen (secondary N) is 1. The highest BCUT2D eigenvalue weighted by molar-refractivity contribution is 6.29. The number of nitrogens with zero attached hydrogens (tertiary/aromatic N) is 4. The van der Waals surface area contributed by atoms with Crippen LogP contribution in [0.1, 0.15) is 24.4 Å². The molecule has 0 radical (unpaired) electrons. The van der Waals surface area contributed by atoms with Crippen LogP contribution in [0.2, 0.25) is 5.15 Å². The van der Waals surface area contributed by atoms with Crippen molar-refractivity contribution in [1.29, 1.82) is 0 Å². The Morgan fingerprint density at radius 1 is 1.29 bits per heavy atom. The number of rotatable bonds is 4. The van der Waals surface area contributed by atoms with Gasteiger partial charge in [-0.2, -0.15) is 4.98 Å². The third kappa shape index (κ3) is 3.30. The first-order valence-corrected chi connectivity index (χ1v) is 7.68. The van der Waals surface area contributed by atoms with Crippen LogP contribution in [0.4, 0.5) is 16.2 Å². The SMILES string of the molecule is Cc1nccn1-c1ccc(C(C)Nc2cc(Cl)nc(N)n2)cc1F. The van der Waals surface area contributed by atoms with Gasteiger partial charge in [0.1, 0.15) is 22.6 Å². The molecule has 3 aromatic rings. The topological polar surface area (TPSA) is 81.7 Å². The molecular weight excluding hydrogens is 331 g/mol. The van der Waals surface area contributed by atoms with Crippen LogP contribution in [0.25, 0.3) is 5.69 Å². The van der Waals surface area contributed by atoms with E-state index >= 15 is 0 Å². The number of hydrogen-bond donors (Lipinski definition) is 2. The molecule has 124 valence electrons. The molecule has 0 aliphatic heterocycles. The number of aromatic nitrogens is 4. The van der Waals surface area contributed by atoms with Crippen LogP contribution in [-0.2, 0) is 0 Å². The summed E-state index contributed by atoms with van der Waals surface area (Å²) in [7, 11) is 0. The molecule has 1 aromatic carbocycles. The number of benzene rings is 1. The Balaban J connectivity index is 1.84. The van der Waals surface area contributed by atoms with Gasteiger partial charge in [0.05, 0.1) is 11.7 Å². The summed E-state index contributed by atoms with van der Waals surface area (Å²) in [5, 5.41) is 3.38. The number of halogens is 2. The van der Waals surface area contributed by atoms with Gasteiger partial charge in [0, 0.05) is 18.5 Å². The molecule has 0 aliphatic carbocycles. The minimum absolute atomic E-state index is 0.0781. The summed E-state index contributed by atoms with van der Waals surface area (Å²) in [5.41, 5.74) is 6.79. The lowest BCUT2D eigenvalue weighted by molar-refractivity contribution is 0.612. The summed E-state index contributed by atoms with van der Waals surface area (Å²) < 4.78 is 16.2. The van der Waals surface area contributed by atoms with E-state index in [1.54, 1.807) is 29.1 Å². The highest BCUT2D eigenvalue weighted by Crippen LogP contribution is 2.24. The lowest BCUT2D eigenvalue weighted by Gasteiger charge is -2.16. The Kier molecular flexibility index (Phi) is 4.35. The van der Waals surface area contributed by atoms with Crippen molar-refractivity contribution in [2.24, 2.45) is 0 Å². The summed E-state index contributed by atoms with van der Waals surface area (Å²) in [6.07, 6.45) is 3.36. The molecule has 2 aromatic heterocycles. The molecule has 0 amide bonds. The van der Waals surface area contributed by atoms with E-state index in [0.717, 1.165) is 11.4 Å². The van der Waals surface area contributed by atoms with Crippen molar-refractivity contribution in [3.05, 3.63) is 59.0 Å². The van der Waals surface area contributed by atoms with Crippen molar-refractivity contribution >= 4 is 23.4 Å². The highest BCUT2D eigenvalue weighted by Gasteiger charge is 2.12. The molecular formula is C16H16ClFN6. The Hall–Kier alpha value is -2.67. The van der Waals surface area contributed by atoms with Crippen LogP contribution < -0.4 is 11.1 Å². The Morgan fingerprint density at radius 2 is 2.08 bits per heavy atom. The van der Waals surface area contributed by atoms with Gasteiger partial charge < -0.3 is 15.6 Å². The molecule has 6 nitrogen and oxygen atoms in total. The van der Waals surface area contributed by atoms with Gasteiger partial charge in [0.15, 0.2) is 0 Å². The maximum atomic E-state index is 14.5. The number of hydrogen-bond acceptors (Lipinski definition) is 5. The van der Waals surface area contributed by atoms with Gasteiger partial charge >= 0.3 is 0 Å². The van der Waals surface area contributed by atoms with Crippen LogP contribution in [0.15, 0.2) is 36.7 Å². The molecule has 1 unspecified atom stereocenters. The van der Waals surface area contributed by atoms with Crippen LogP contribution in [-0.4, -0.2) is 19.5 Å². The number of aryl methyl sites for hydroxylation is 1. The van der Waals surface area contributed by atoms with E-state index in [1.807, 2.05) is 19.9 Å². The quantitative estimate of drug-likeness (QED) is 0.706. The third-order valence-corrected chi connectivity index (χ3v) is 3.83. The van der Waals surface area contributed by atoms with Gasteiger partial charge in [-0.3, -0.25) is 0 Å². The first-order chi connectivity index (χ1) is 11.4. The lowest BCUT2D eigenvalue weighted by atomic mass is 10.1. The average molecular weight is 347 g/mol. The van der Waals surface area contributed by atoms with E-state index in [2.05, 4.69) is 20.3 Å². The van der Waals surface area contributed by atoms with Gasteiger partial charge in [0.25, 0.3) is 0 Å². The second-order valence-electron chi connectivity index (χ2n) is 5.36. The summed E-state index contributed by atoms with van der Waals surface area (Å²) in [4.78, 5) is 12.0. The molecule has 3 rings (SSSR count). The van der Waals surface area contributed by atoms with E-state index < -0.39 is 0 Å². The van der Waals surface area contributed by atoms with Crippen molar-refractivity contribution in [3.8, 4) is 5.69 Å². The Labute approximate surface area is 143 Å². The van der Waals surface area contributed by atoms with E-state index in [-0.39, 0.29) is 23.0 Å². The maximum absolute atomic E-state index is 14.5. The monoisotopic (exact) mass is 346 g/mol. The molecule has 0 saturated carbocycles. The molecule has 8 heteroatoms. The van der Waals surface area contributed by atoms with Gasteiger partial charge in [0.2, 0.25) is 5.95 Å². The zero-order valence-corrected chi connectivity index (χ0v) is 13.9. The minimum atomic E-state index is -0.331. The fourth-order valence-corrected chi connectivity index (χ4v) is 2.62. The van der Waals surface area contributed by atoms with Crippen molar-refractivity contribution in [2.45, 2.75) is 19.9 Å². The summed E-state index contributed by atoms with van der Waals surface area (Å²) in [6.45, 7) is 3.71. The standard InChI is InChI=1S/C16H16ClFN6/c1-9(21-15-8-14(17)22-16(19)23-15)11-3-4-13(12(18)7-11)24-6-5-20-10(24)2/h3-9H,1-2H3,(H3,19,21,22,23). The van der Waals surface area contributed by atoms with Crippen molar-refractivity contribution in [1.82, 2.24) is 19.5 Å². The molecule has 24 heavy (non-hydrogen) atoms. The summed E-state index contributed by atoms with van der Waals surface area (Å²) >= 11 is 5.86. The molecule has 0 saturated heterocycles. The molecule has 0 aliphatic rings. The van der Waals surface area contributed by atoms with Crippen molar-refractivity contribution in [2.75, 3.05) is 11.1 Å². The molecule has 0 fully saturated rings. The van der Waals surface area contributed by atoms with E-state index in [9.17, 15) is 4.39 Å².